The molecule has 3 rings (SSSR count). The van der Waals surface area contributed by atoms with E-state index in [1.807, 2.05) is 40.7 Å². The lowest BCUT2D eigenvalue weighted by Crippen LogP contribution is -2.54. The van der Waals surface area contributed by atoms with Gasteiger partial charge in [0.1, 0.15) is 11.7 Å². The molecule has 0 aromatic heterocycles. The average molecular weight is 447 g/mol. The summed E-state index contributed by atoms with van der Waals surface area (Å²) in [5.41, 5.74) is 0.889. The van der Waals surface area contributed by atoms with Gasteiger partial charge in [0.05, 0.1) is 12.5 Å². The van der Waals surface area contributed by atoms with Gasteiger partial charge in [0.2, 0.25) is 0 Å². The third-order valence-corrected chi connectivity index (χ3v) is 7.76. The molecule has 2 aliphatic carbocycles. The Morgan fingerprint density at radius 2 is 1.88 bits per heavy atom. The van der Waals surface area contributed by atoms with Crippen LogP contribution < -0.4 is 0 Å². The summed E-state index contributed by atoms with van der Waals surface area (Å²) in [5.74, 6) is -1.20. The first-order valence-electron chi connectivity index (χ1n) is 12.0. The smallest absolute Gasteiger partial charge is 0.331 e. The largest absolute Gasteiger partial charge is 0.456 e. The van der Waals surface area contributed by atoms with Gasteiger partial charge in [-0.25, -0.2) is 4.79 Å². The van der Waals surface area contributed by atoms with Crippen molar-refractivity contribution in [2.75, 3.05) is 6.61 Å². The van der Waals surface area contributed by atoms with E-state index >= 15 is 0 Å². The van der Waals surface area contributed by atoms with E-state index in [2.05, 4.69) is 13.8 Å². The molecule has 1 spiro atoms. The van der Waals surface area contributed by atoms with Gasteiger partial charge in [-0.05, 0) is 50.5 Å². The second-order valence-corrected chi connectivity index (χ2v) is 9.98. The highest BCUT2D eigenvalue weighted by molar-refractivity contribution is 6.03. The topological polar surface area (TPSA) is 82.2 Å². The normalized spacial score (nSPS) is 36.4. The number of hydrogen-bond acceptors (Lipinski definition) is 6. The first kappa shape index (κ1) is 24.7. The number of epoxide rings is 1. The number of hydrogen-bond donors (Lipinski definition) is 0. The molecular weight excluding hydrogens is 408 g/mol. The van der Waals surface area contributed by atoms with Gasteiger partial charge < -0.3 is 14.2 Å². The van der Waals surface area contributed by atoms with Gasteiger partial charge in [0.25, 0.3) is 0 Å². The maximum Gasteiger partial charge on any atom is 0.331 e. The van der Waals surface area contributed by atoms with Gasteiger partial charge in [-0.15, -0.1) is 0 Å². The summed E-state index contributed by atoms with van der Waals surface area (Å²) in [6.07, 6.45) is 4.06. The number of fused-ring (bicyclic) bond motifs is 2. The van der Waals surface area contributed by atoms with E-state index in [4.69, 9.17) is 14.2 Å². The summed E-state index contributed by atoms with van der Waals surface area (Å²) < 4.78 is 17.8. The Labute approximate surface area is 191 Å². The van der Waals surface area contributed by atoms with Crippen molar-refractivity contribution < 1.29 is 28.6 Å². The number of ether oxygens (including phenoxy) is 3. The van der Waals surface area contributed by atoms with Gasteiger partial charge in [-0.3, -0.25) is 9.59 Å². The molecule has 0 radical (unpaired) electrons. The third kappa shape index (κ3) is 4.30. The van der Waals surface area contributed by atoms with Crippen LogP contribution in [0.3, 0.4) is 0 Å². The minimum absolute atomic E-state index is 0.0763. The van der Waals surface area contributed by atoms with Crippen molar-refractivity contribution in [1.29, 1.82) is 0 Å². The SMILES string of the molecule is C/C=C1\C(=O)[C@@H](OC(=O)C(C)CC)[C@@H]2[C@@H]1[C@H](C(C)C)C[C@@H](OC(=O)/C=C(\C)CC)C21CO1. The first-order chi connectivity index (χ1) is 15.1. The number of ketones is 1. The van der Waals surface area contributed by atoms with Crippen molar-refractivity contribution in [3.05, 3.63) is 23.3 Å². The predicted octanol–water partition coefficient (Wildman–Crippen LogP) is 4.42. The molecule has 3 aliphatic rings. The molecule has 2 saturated carbocycles. The number of esters is 2. The summed E-state index contributed by atoms with van der Waals surface area (Å²) in [4.78, 5) is 38.7. The van der Waals surface area contributed by atoms with Crippen LogP contribution in [0.4, 0.5) is 0 Å². The molecule has 3 fully saturated rings. The van der Waals surface area contributed by atoms with E-state index in [0.717, 1.165) is 17.6 Å². The van der Waals surface area contributed by atoms with Crippen molar-refractivity contribution in [3.8, 4) is 0 Å². The van der Waals surface area contributed by atoms with Crippen molar-refractivity contribution in [1.82, 2.24) is 0 Å². The molecule has 1 aliphatic heterocycles. The average Bonchev–Trinajstić information content (AvgIpc) is 3.49. The summed E-state index contributed by atoms with van der Waals surface area (Å²) in [6, 6.07) is 0. The Morgan fingerprint density at radius 1 is 1.22 bits per heavy atom. The number of allylic oxidation sites excluding steroid dienone is 2. The zero-order valence-corrected chi connectivity index (χ0v) is 20.5. The summed E-state index contributed by atoms with van der Waals surface area (Å²) in [7, 11) is 0. The zero-order chi connectivity index (χ0) is 23.8. The van der Waals surface area contributed by atoms with Crippen LogP contribution in [-0.4, -0.2) is 42.1 Å². The number of carbonyl (C=O) groups excluding carboxylic acids is 3. The molecule has 32 heavy (non-hydrogen) atoms. The van der Waals surface area contributed by atoms with Gasteiger partial charge in [0, 0.05) is 17.9 Å². The van der Waals surface area contributed by atoms with Gasteiger partial charge in [-0.2, -0.15) is 0 Å². The third-order valence-electron chi connectivity index (χ3n) is 7.76. The van der Waals surface area contributed by atoms with Crippen molar-refractivity contribution in [3.63, 3.8) is 0 Å². The molecule has 178 valence electrons. The Balaban J connectivity index is 1.99. The highest BCUT2D eigenvalue weighted by atomic mass is 16.6. The highest BCUT2D eigenvalue weighted by Crippen LogP contribution is 2.60. The van der Waals surface area contributed by atoms with Crippen LogP contribution in [0.25, 0.3) is 0 Å². The van der Waals surface area contributed by atoms with Crippen molar-refractivity contribution in [2.45, 2.75) is 85.5 Å². The van der Waals surface area contributed by atoms with Crippen LogP contribution in [-0.2, 0) is 28.6 Å². The minimum atomic E-state index is -0.897. The molecule has 1 saturated heterocycles. The molecule has 0 amide bonds. The van der Waals surface area contributed by atoms with Crippen LogP contribution >= 0.6 is 0 Å². The fourth-order valence-corrected chi connectivity index (χ4v) is 5.38. The van der Waals surface area contributed by atoms with Gasteiger partial charge >= 0.3 is 11.9 Å². The standard InChI is InChI=1S/C26H38O6/c1-8-15(6)11-20(27)31-19-12-18(14(4)5)21-17(10-3)23(28)24(22(21)26(19)13-30-26)32-25(29)16(7)9-2/h10-11,14,16,18-19,21-22,24H,8-9,12-13H2,1-7H3/b15-11+,17-10-/t16?,18-,19+,21-,22-,24-,26?/m0/s1. The lowest BCUT2D eigenvalue weighted by atomic mass is 9.62. The van der Waals surface area contributed by atoms with E-state index in [1.54, 1.807) is 0 Å². The number of rotatable bonds is 7. The van der Waals surface area contributed by atoms with E-state index in [9.17, 15) is 14.4 Å². The number of carbonyl (C=O) groups is 3. The van der Waals surface area contributed by atoms with E-state index in [-0.39, 0.29) is 47.3 Å². The number of Topliss-reactive ketones (excluding diaryl/α,β-unsaturated/α-hetero) is 1. The van der Waals surface area contributed by atoms with Crippen LogP contribution in [0, 0.1) is 29.6 Å². The summed E-state index contributed by atoms with van der Waals surface area (Å²) in [6.45, 7) is 14.1. The summed E-state index contributed by atoms with van der Waals surface area (Å²) in [5, 5.41) is 0. The second-order valence-electron chi connectivity index (χ2n) is 9.98. The fraction of sp³-hybridized carbons (Fsp3) is 0.731. The van der Waals surface area contributed by atoms with Crippen molar-refractivity contribution >= 4 is 17.7 Å². The molecule has 2 unspecified atom stereocenters. The van der Waals surface area contributed by atoms with E-state index < -0.39 is 17.8 Å². The van der Waals surface area contributed by atoms with Crippen LogP contribution in [0.15, 0.2) is 23.3 Å². The maximum absolute atomic E-state index is 13.4. The van der Waals surface area contributed by atoms with Crippen LogP contribution in [0.5, 0.6) is 0 Å². The lowest BCUT2D eigenvalue weighted by molar-refractivity contribution is -0.171. The highest BCUT2D eigenvalue weighted by Gasteiger charge is 2.72. The first-order valence-corrected chi connectivity index (χ1v) is 12.0. The molecule has 0 aromatic carbocycles. The van der Waals surface area contributed by atoms with Crippen molar-refractivity contribution in [2.24, 2.45) is 29.6 Å². The Morgan fingerprint density at radius 3 is 2.38 bits per heavy atom. The van der Waals surface area contributed by atoms with Gasteiger partial charge in [0.15, 0.2) is 11.9 Å². The summed E-state index contributed by atoms with van der Waals surface area (Å²) >= 11 is 0. The monoisotopic (exact) mass is 446 g/mol. The van der Waals surface area contributed by atoms with Gasteiger partial charge in [-0.1, -0.05) is 46.3 Å². The molecule has 6 nitrogen and oxygen atoms in total. The van der Waals surface area contributed by atoms with E-state index in [0.29, 0.717) is 19.4 Å². The molecule has 0 bridgehead atoms. The molecule has 0 aromatic rings. The Kier molecular flexibility index (Phi) is 7.33. The lowest BCUT2D eigenvalue weighted by Gasteiger charge is -2.45. The molecule has 1 heterocycles. The minimum Gasteiger partial charge on any atom is -0.456 e. The van der Waals surface area contributed by atoms with Crippen LogP contribution in [0.1, 0.15) is 67.7 Å². The molecule has 6 heteroatoms. The molecular formula is C26H38O6. The van der Waals surface area contributed by atoms with Crippen LogP contribution in [0.2, 0.25) is 0 Å². The second kappa shape index (κ2) is 9.50. The fourth-order valence-electron chi connectivity index (χ4n) is 5.38. The molecule has 7 atom stereocenters. The van der Waals surface area contributed by atoms with E-state index in [1.165, 1.54) is 6.08 Å². The Bertz CT molecular complexity index is 818. The predicted molar refractivity (Wildman–Crippen MR) is 121 cm³/mol. The quantitative estimate of drug-likeness (QED) is 0.327. The Hall–Kier alpha value is -1.95. The maximum atomic E-state index is 13.4. The zero-order valence-electron chi connectivity index (χ0n) is 20.5. The molecule has 0 N–H and O–H groups in total.